The van der Waals surface area contributed by atoms with Gasteiger partial charge in [0.1, 0.15) is 17.8 Å². The second-order valence-electron chi connectivity index (χ2n) is 10.0. The highest BCUT2D eigenvalue weighted by molar-refractivity contribution is 5.77. The van der Waals surface area contributed by atoms with Crippen molar-refractivity contribution in [2.24, 2.45) is 0 Å². The molecule has 0 spiro atoms. The second kappa shape index (κ2) is 11.1. The Kier molecular flexibility index (Phi) is 7.96. The molecule has 0 aliphatic carbocycles. The molecule has 1 unspecified atom stereocenters. The minimum Gasteiger partial charge on any atom is -0.497 e. The summed E-state index contributed by atoms with van der Waals surface area (Å²) in [6.45, 7) is 9.49. The van der Waals surface area contributed by atoms with E-state index in [4.69, 9.17) is 4.74 Å². The topological polar surface area (TPSA) is 68.0 Å². The number of ether oxygens (including phenoxy) is 1. The first-order valence-corrected chi connectivity index (χ1v) is 12.8. The van der Waals surface area contributed by atoms with Crippen LogP contribution >= 0.6 is 0 Å². The van der Waals surface area contributed by atoms with E-state index in [-0.39, 0.29) is 24.1 Å². The Hall–Kier alpha value is -3.06. The van der Waals surface area contributed by atoms with Crippen molar-refractivity contribution in [3.8, 4) is 17.0 Å². The zero-order valence-corrected chi connectivity index (χ0v) is 21.4. The van der Waals surface area contributed by atoms with Gasteiger partial charge in [-0.25, -0.2) is 0 Å². The maximum atomic E-state index is 13.7. The van der Waals surface area contributed by atoms with Gasteiger partial charge in [0.05, 0.1) is 12.8 Å². The summed E-state index contributed by atoms with van der Waals surface area (Å²) in [5, 5.41) is 2.90. The van der Waals surface area contributed by atoms with E-state index >= 15 is 0 Å². The first kappa shape index (κ1) is 25.0. The number of amides is 1. The van der Waals surface area contributed by atoms with Crippen LogP contribution in [0.2, 0.25) is 0 Å². The molecule has 7 heteroatoms. The molecule has 1 aromatic carbocycles. The van der Waals surface area contributed by atoms with Crippen molar-refractivity contribution in [3.05, 3.63) is 58.6 Å². The van der Waals surface area contributed by atoms with Crippen molar-refractivity contribution < 1.29 is 9.53 Å². The van der Waals surface area contributed by atoms with Crippen molar-refractivity contribution in [2.45, 2.75) is 65.0 Å². The van der Waals surface area contributed by atoms with Gasteiger partial charge in [-0.05, 0) is 82.4 Å². The van der Waals surface area contributed by atoms with Gasteiger partial charge < -0.3 is 19.4 Å². The van der Waals surface area contributed by atoms with Gasteiger partial charge in [0.2, 0.25) is 5.91 Å². The van der Waals surface area contributed by atoms with Gasteiger partial charge in [-0.2, -0.15) is 0 Å². The first-order chi connectivity index (χ1) is 16.9. The Morgan fingerprint density at radius 3 is 2.57 bits per heavy atom. The molecule has 0 bridgehead atoms. The third-order valence-corrected chi connectivity index (χ3v) is 6.90. The van der Waals surface area contributed by atoms with Crippen LogP contribution in [0.1, 0.15) is 57.9 Å². The molecule has 0 radical (unpaired) electrons. The minimum atomic E-state index is -0.183. The van der Waals surface area contributed by atoms with E-state index in [0.717, 1.165) is 24.1 Å². The van der Waals surface area contributed by atoms with Crippen LogP contribution in [0.3, 0.4) is 0 Å². The number of benzene rings is 1. The van der Waals surface area contributed by atoms with Gasteiger partial charge in [-0.1, -0.05) is 25.5 Å². The molecule has 4 rings (SSSR count). The molecule has 2 aromatic heterocycles. The maximum Gasteiger partial charge on any atom is 0.275 e. The van der Waals surface area contributed by atoms with Crippen LogP contribution in [0.25, 0.3) is 16.8 Å². The Labute approximate surface area is 207 Å². The van der Waals surface area contributed by atoms with Gasteiger partial charge in [0.25, 0.3) is 5.56 Å². The number of nitrogens with zero attached hydrogens (tertiary/aromatic N) is 3. The number of likely N-dealkylation sites (tertiary alicyclic amines) is 1. The Bertz CT molecular complexity index is 1220. The SMILES string of the molecule is COc1cccc(-c2cn3cc(C(C)CCN4CCCCC4)cc3c(=O)n2CC(=O)NC(C)C)c1. The summed E-state index contributed by atoms with van der Waals surface area (Å²) in [5.41, 5.74) is 3.09. The predicted molar refractivity (Wildman–Crippen MR) is 140 cm³/mol. The zero-order valence-electron chi connectivity index (χ0n) is 21.4. The number of hydrogen-bond donors (Lipinski definition) is 1. The molecule has 1 saturated heterocycles. The summed E-state index contributed by atoms with van der Waals surface area (Å²) in [6.07, 6.45) is 9.01. The van der Waals surface area contributed by atoms with Crippen LogP contribution in [0, 0.1) is 0 Å². The van der Waals surface area contributed by atoms with Crippen LogP contribution in [0.4, 0.5) is 0 Å². The normalized spacial score (nSPS) is 15.5. The highest BCUT2D eigenvalue weighted by atomic mass is 16.5. The van der Waals surface area contributed by atoms with Gasteiger partial charge in [0.15, 0.2) is 0 Å². The quantitative estimate of drug-likeness (QED) is 0.498. The van der Waals surface area contributed by atoms with E-state index in [0.29, 0.717) is 22.9 Å². The van der Waals surface area contributed by atoms with E-state index in [1.807, 2.05) is 54.8 Å². The average molecular weight is 479 g/mol. The number of nitrogens with one attached hydrogen (secondary N) is 1. The van der Waals surface area contributed by atoms with E-state index in [1.165, 1.54) is 32.4 Å². The van der Waals surface area contributed by atoms with Gasteiger partial charge in [-0.15, -0.1) is 0 Å². The number of carbonyl (C=O) groups excluding carboxylic acids is 1. The van der Waals surface area contributed by atoms with Crippen molar-refractivity contribution >= 4 is 11.4 Å². The lowest BCUT2D eigenvalue weighted by molar-refractivity contribution is -0.122. The molecule has 1 N–H and O–H groups in total. The molecular formula is C28H38N4O3. The highest BCUT2D eigenvalue weighted by Crippen LogP contribution is 2.26. The molecule has 7 nitrogen and oxygen atoms in total. The number of fused-ring (bicyclic) bond motifs is 1. The third-order valence-electron chi connectivity index (χ3n) is 6.90. The summed E-state index contributed by atoms with van der Waals surface area (Å²) in [4.78, 5) is 28.9. The van der Waals surface area contributed by atoms with E-state index in [1.54, 1.807) is 11.7 Å². The number of hydrogen-bond acceptors (Lipinski definition) is 4. The van der Waals surface area contributed by atoms with Crippen molar-refractivity contribution in [1.82, 2.24) is 19.2 Å². The standard InChI is InChI=1S/C28H38N4O3/c1-20(2)29-27(33)19-32-26(22-9-8-10-24(15-22)35-4)18-31-17-23(16-25(31)28(32)34)21(3)11-14-30-12-6-5-7-13-30/h8-10,15-18,20-21H,5-7,11-14,19H2,1-4H3,(H,29,33). The fourth-order valence-electron chi connectivity index (χ4n) is 4.90. The minimum absolute atomic E-state index is 0.00265. The van der Waals surface area contributed by atoms with Crippen LogP contribution in [-0.4, -0.2) is 52.6 Å². The monoisotopic (exact) mass is 478 g/mol. The maximum absolute atomic E-state index is 13.7. The third kappa shape index (κ3) is 5.96. The lowest BCUT2D eigenvalue weighted by Crippen LogP contribution is -2.36. The number of rotatable bonds is 9. The molecule has 3 aromatic rings. The fraction of sp³-hybridized carbons (Fsp3) is 0.500. The van der Waals surface area contributed by atoms with Crippen LogP contribution in [-0.2, 0) is 11.3 Å². The van der Waals surface area contributed by atoms with Gasteiger partial charge in [0, 0.05) is 24.0 Å². The summed E-state index contributed by atoms with van der Waals surface area (Å²) < 4.78 is 8.89. The molecule has 1 aliphatic rings. The van der Waals surface area contributed by atoms with Crippen LogP contribution in [0.15, 0.2) is 47.5 Å². The van der Waals surface area contributed by atoms with Crippen LogP contribution in [0.5, 0.6) is 5.75 Å². The summed E-state index contributed by atoms with van der Waals surface area (Å²) in [7, 11) is 1.62. The first-order valence-electron chi connectivity index (χ1n) is 12.8. The highest BCUT2D eigenvalue weighted by Gasteiger charge is 2.19. The molecule has 0 saturated carbocycles. The Morgan fingerprint density at radius 2 is 1.86 bits per heavy atom. The van der Waals surface area contributed by atoms with E-state index in [2.05, 4.69) is 23.3 Å². The Balaban J connectivity index is 1.69. The van der Waals surface area contributed by atoms with E-state index in [9.17, 15) is 9.59 Å². The lowest BCUT2D eigenvalue weighted by atomic mass is 10.00. The largest absolute Gasteiger partial charge is 0.497 e. The van der Waals surface area contributed by atoms with Crippen LogP contribution < -0.4 is 15.6 Å². The molecule has 188 valence electrons. The predicted octanol–water partition coefficient (Wildman–Crippen LogP) is 4.28. The van der Waals surface area contributed by atoms with Crippen molar-refractivity contribution in [1.29, 1.82) is 0 Å². The molecule has 1 aliphatic heterocycles. The number of aromatic nitrogens is 2. The summed E-state index contributed by atoms with van der Waals surface area (Å²) >= 11 is 0. The number of carbonyl (C=O) groups is 1. The number of piperidine rings is 1. The van der Waals surface area contributed by atoms with Crippen molar-refractivity contribution in [3.63, 3.8) is 0 Å². The van der Waals surface area contributed by atoms with Gasteiger partial charge in [-0.3, -0.25) is 14.2 Å². The molecular weight excluding hydrogens is 440 g/mol. The lowest BCUT2D eigenvalue weighted by Gasteiger charge is -2.27. The Morgan fingerprint density at radius 1 is 1.09 bits per heavy atom. The summed E-state index contributed by atoms with van der Waals surface area (Å²) in [6, 6.07) is 9.59. The molecule has 3 heterocycles. The molecule has 1 fully saturated rings. The van der Waals surface area contributed by atoms with E-state index < -0.39 is 0 Å². The molecule has 1 atom stereocenters. The zero-order chi connectivity index (χ0) is 24.9. The second-order valence-corrected chi connectivity index (χ2v) is 10.0. The molecule has 35 heavy (non-hydrogen) atoms. The van der Waals surface area contributed by atoms with Gasteiger partial charge >= 0.3 is 0 Å². The van der Waals surface area contributed by atoms with Crippen molar-refractivity contribution in [2.75, 3.05) is 26.7 Å². The molecule has 1 amide bonds. The average Bonchev–Trinajstić information content (AvgIpc) is 3.29. The number of methoxy groups -OCH3 is 1. The smallest absolute Gasteiger partial charge is 0.275 e. The fourth-order valence-corrected chi connectivity index (χ4v) is 4.90. The summed E-state index contributed by atoms with van der Waals surface area (Å²) in [5.74, 6) is 0.860.